The summed E-state index contributed by atoms with van der Waals surface area (Å²) in [5, 5.41) is 2.84. The molecule has 0 heterocycles. The second kappa shape index (κ2) is 8.96. The molecule has 0 bridgehead atoms. The molecule has 22 heavy (non-hydrogen) atoms. The number of hydrogen-bond acceptors (Lipinski definition) is 3. The molecule has 1 aromatic rings. The minimum atomic E-state index is -0.379. The van der Waals surface area contributed by atoms with Crippen LogP contribution in [-0.4, -0.2) is 19.1 Å². The third-order valence-electron chi connectivity index (χ3n) is 3.61. The van der Waals surface area contributed by atoms with Crippen molar-refractivity contribution in [2.24, 2.45) is 11.7 Å². The first-order valence-corrected chi connectivity index (χ1v) is 7.52. The zero-order valence-electron chi connectivity index (χ0n) is 12.8. The summed E-state index contributed by atoms with van der Waals surface area (Å²) >= 11 is 0. The van der Waals surface area contributed by atoms with Crippen molar-refractivity contribution in [1.82, 2.24) is 5.32 Å². The molecule has 0 saturated heterocycles. The molecule has 1 aliphatic rings. The van der Waals surface area contributed by atoms with Crippen molar-refractivity contribution < 1.29 is 13.9 Å². The number of ether oxygens (including phenoxy) is 1. The molecule has 124 valence electrons. The predicted molar refractivity (Wildman–Crippen MR) is 86.7 cm³/mol. The molecule has 1 atom stereocenters. The van der Waals surface area contributed by atoms with E-state index in [0.717, 1.165) is 5.56 Å². The average molecular weight is 331 g/mol. The van der Waals surface area contributed by atoms with Crippen LogP contribution in [0.4, 0.5) is 4.39 Å². The Morgan fingerprint density at radius 2 is 2.23 bits per heavy atom. The molecule has 3 N–H and O–H groups in total. The normalized spacial score (nSPS) is 14.9. The maximum atomic E-state index is 14.0. The summed E-state index contributed by atoms with van der Waals surface area (Å²) in [5.74, 6) is 0.427. The number of carbonyl (C=O) groups excluding carboxylic acids is 1. The van der Waals surface area contributed by atoms with Crippen LogP contribution in [0.1, 0.15) is 44.2 Å². The summed E-state index contributed by atoms with van der Waals surface area (Å²) < 4.78 is 19.4. The van der Waals surface area contributed by atoms with Gasteiger partial charge >= 0.3 is 0 Å². The zero-order chi connectivity index (χ0) is 15.2. The molecule has 1 aliphatic carbocycles. The minimum Gasteiger partial charge on any atom is -0.490 e. The van der Waals surface area contributed by atoms with Gasteiger partial charge in [-0.25, -0.2) is 4.39 Å². The number of carbonyl (C=O) groups is 1. The zero-order valence-corrected chi connectivity index (χ0v) is 13.6. The lowest BCUT2D eigenvalue weighted by Crippen LogP contribution is -2.27. The van der Waals surface area contributed by atoms with Gasteiger partial charge in [-0.1, -0.05) is 6.07 Å². The van der Waals surface area contributed by atoms with E-state index in [1.807, 2.05) is 6.92 Å². The van der Waals surface area contributed by atoms with Crippen LogP contribution in [0.25, 0.3) is 0 Å². The molecule has 4 nitrogen and oxygen atoms in total. The van der Waals surface area contributed by atoms with Crippen LogP contribution in [0.2, 0.25) is 0 Å². The first kappa shape index (κ1) is 18.7. The van der Waals surface area contributed by atoms with Crippen molar-refractivity contribution >= 4 is 18.3 Å². The first-order chi connectivity index (χ1) is 10.1. The highest BCUT2D eigenvalue weighted by atomic mass is 35.5. The van der Waals surface area contributed by atoms with Crippen LogP contribution in [0, 0.1) is 11.7 Å². The van der Waals surface area contributed by atoms with Crippen molar-refractivity contribution in [3.63, 3.8) is 0 Å². The van der Waals surface area contributed by atoms with Crippen LogP contribution in [-0.2, 0) is 4.79 Å². The molecular formula is C16H24ClFN2O2. The van der Waals surface area contributed by atoms with Crippen LogP contribution < -0.4 is 15.8 Å². The van der Waals surface area contributed by atoms with Crippen LogP contribution in [0.15, 0.2) is 18.2 Å². The summed E-state index contributed by atoms with van der Waals surface area (Å²) in [4.78, 5) is 11.6. The number of rotatable bonds is 8. The third kappa shape index (κ3) is 5.81. The van der Waals surface area contributed by atoms with Gasteiger partial charge in [0.1, 0.15) is 0 Å². The number of hydrogen-bond donors (Lipinski definition) is 2. The Morgan fingerprint density at radius 1 is 1.50 bits per heavy atom. The highest BCUT2D eigenvalue weighted by Gasteiger charge is 2.22. The van der Waals surface area contributed by atoms with E-state index in [1.165, 1.54) is 18.9 Å². The van der Waals surface area contributed by atoms with Gasteiger partial charge in [0.05, 0.1) is 12.6 Å². The van der Waals surface area contributed by atoms with E-state index in [1.54, 1.807) is 12.1 Å². The molecule has 0 radical (unpaired) electrons. The Morgan fingerprint density at radius 3 is 2.82 bits per heavy atom. The van der Waals surface area contributed by atoms with E-state index in [-0.39, 0.29) is 35.9 Å². The van der Waals surface area contributed by atoms with Crippen molar-refractivity contribution in [2.75, 3.05) is 13.2 Å². The molecular weight excluding hydrogens is 307 g/mol. The van der Waals surface area contributed by atoms with Gasteiger partial charge in [0.2, 0.25) is 5.91 Å². The highest BCUT2D eigenvalue weighted by molar-refractivity contribution is 5.85. The summed E-state index contributed by atoms with van der Waals surface area (Å²) in [6, 6.07) is 4.62. The van der Waals surface area contributed by atoms with Crippen molar-refractivity contribution in [3.8, 4) is 5.75 Å². The van der Waals surface area contributed by atoms with Gasteiger partial charge < -0.3 is 15.8 Å². The molecule has 1 unspecified atom stereocenters. The number of amides is 1. The minimum absolute atomic E-state index is 0. The SMILES string of the molecule is CC(NC(=O)CCCN)c1ccc(OCC2CC2)c(F)c1.Cl. The van der Waals surface area contributed by atoms with Gasteiger partial charge in [-0.05, 0) is 56.3 Å². The van der Waals surface area contributed by atoms with Gasteiger partial charge in [-0.2, -0.15) is 0 Å². The molecule has 0 aromatic heterocycles. The lowest BCUT2D eigenvalue weighted by Gasteiger charge is -2.15. The van der Waals surface area contributed by atoms with Gasteiger partial charge in [-0.3, -0.25) is 4.79 Å². The molecule has 6 heteroatoms. The van der Waals surface area contributed by atoms with Crippen molar-refractivity contribution in [1.29, 1.82) is 0 Å². The quantitative estimate of drug-likeness (QED) is 0.770. The fourth-order valence-corrected chi connectivity index (χ4v) is 2.06. The van der Waals surface area contributed by atoms with Crippen LogP contribution in [0.3, 0.4) is 0 Å². The second-order valence-corrected chi connectivity index (χ2v) is 5.63. The Bertz CT molecular complexity index is 495. The van der Waals surface area contributed by atoms with Gasteiger partial charge in [0.15, 0.2) is 11.6 Å². The Labute approximate surface area is 137 Å². The smallest absolute Gasteiger partial charge is 0.220 e. The summed E-state index contributed by atoms with van der Waals surface area (Å²) in [7, 11) is 0. The molecule has 1 fully saturated rings. The van der Waals surface area contributed by atoms with Crippen LogP contribution in [0.5, 0.6) is 5.75 Å². The fourth-order valence-electron chi connectivity index (χ4n) is 2.06. The van der Waals surface area contributed by atoms with E-state index >= 15 is 0 Å². The standard InChI is InChI=1S/C16H23FN2O2.ClH/c1-11(19-16(20)3-2-8-18)13-6-7-15(14(17)9-13)21-10-12-4-5-12;/h6-7,9,11-12H,2-5,8,10,18H2,1H3,(H,19,20);1H. The van der Waals surface area contributed by atoms with E-state index in [9.17, 15) is 9.18 Å². The summed E-state index contributed by atoms with van der Waals surface area (Å²) in [6.45, 7) is 2.91. The van der Waals surface area contributed by atoms with E-state index < -0.39 is 0 Å². The van der Waals surface area contributed by atoms with Crippen molar-refractivity contribution in [2.45, 2.75) is 38.6 Å². The van der Waals surface area contributed by atoms with Gasteiger partial charge in [0, 0.05) is 6.42 Å². The Kier molecular flexibility index (Phi) is 7.62. The maximum Gasteiger partial charge on any atom is 0.220 e. The molecule has 0 spiro atoms. The number of halogens is 2. The largest absolute Gasteiger partial charge is 0.490 e. The van der Waals surface area contributed by atoms with Crippen molar-refractivity contribution in [3.05, 3.63) is 29.6 Å². The Balaban J connectivity index is 0.00000242. The summed E-state index contributed by atoms with van der Waals surface area (Å²) in [6.07, 6.45) is 3.39. The third-order valence-corrected chi connectivity index (χ3v) is 3.61. The van der Waals surface area contributed by atoms with Gasteiger partial charge in [-0.15, -0.1) is 12.4 Å². The lowest BCUT2D eigenvalue weighted by molar-refractivity contribution is -0.121. The average Bonchev–Trinajstić information content (AvgIpc) is 3.27. The highest BCUT2D eigenvalue weighted by Crippen LogP contribution is 2.30. The summed E-state index contributed by atoms with van der Waals surface area (Å²) in [5.41, 5.74) is 6.09. The first-order valence-electron chi connectivity index (χ1n) is 7.52. The topological polar surface area (TPSA) is 64.4 Å². The fraction of sp³-hybridized carbons (Fsp3) is 0.562. The predicted octanol–water partition coefficient (Wildman–Crippen LogP) is 2.95. The molecule has 1 saturated carbocycles. The second-order valence-electron chi connectivity index (χ2n) is 5.63. The molecule has 2 rings (SSSR count). The van der Waals surface area contributed by atoms with E-state index in [0.29, 0.717) is 31.9 Å². The van der Waals surface area contributed by atoms with Gasteiger partial charge in [0.25, 0.3) is 0 Å². The molecule has 0 aliphatic heterocycles. The number of nitrogens with one attached hydrogen (secondary N) is 1. The monoisotopic (exact) mass is 330 g/mol. The number of benzene rings is 1. The van der Waals surface area contributed by atoms with Crippen LogP contribution >= 0.6 is 12.4 Å². The Hall–Kier alpha value is -1.33. The van der Waals surface area contributed by atoms with E-state index in [2.05, 4.69) is 5.32 Å². The number of nitrogens with two attached hydrogens (primary N) is 1. The molecule has 1 amide bonds. The maximum absolute atomic E-state index is 14.0. The lowest BCUT2D eigenvalue weighted by atomic mass is 10.1. The van der Waals surface area contributed by atoms with E-state index in [4.69, 9.17) is 10.5 Å². The molecule has 1 aromatic carbocycles.